The average Bonchev–Trinajstić information content (AvgIpc) is 2.88. The quantitative estimate of drug-likeness (QED) is 0.645. The van der Waals surface area contributed by atoms with Gasteiger partial charge in [0.15, 0.2) is 0 Å². The van der Waals surface area contributed by atoms with Crippen LogP contribution in [0.1, 0.15) is 16.5 Å². The van der Waals surface area contributed by atoms with Gasteiger partial charge in [0.1, 0.15) is 11.6 Å². The topological polar surface area (TPSA) is 47.3 Å². The van der Waals surface area contributed by atoms with Crippen molar-refractivity contribution in [3.63, 3.8) is 0 Å². The molecule has 0 amide bonds. The van der Waals surface area contributed by atoms with Gasteiger partial charge < -0.3 is 4.74 Å². The van der Waals surface area contributed by atoms with Crippen LogP contribution in [0, 0.1) is 5.82 Å². The van der Waals surface area contributed by atoms with Gasteiger partial charge >= 0.3 is 0 Å². The molecule has 0 aliphatic carbocycles. The van der Waals surface area contributed by atoms with Gasteiger partial charge in [0.25, 0.3) is 0 Å². The molecule has 0 aliphatic rings. The Morgan fingerprint density at radius 2 is 2.26 bits per heavy atom. The minimum absolute atomic E-state index is 0.0220. The average molecular weight is 345 g/mol. The molecule has 0 radical (unpaired) electrons. The molecule has 19 heavy (non-hydrogen) atoms. The van der Waals surface area contributed by atoms with Crippen LogP contribution >= 0.6 is 27.3 Å². The zero-order valence-corrected chi connectivity index (χ0v) is 12.7. The van der Waals surface area contributed by atoms with Crippen molar-refractivity contribution < 1.29 is 9.13 Å². The van der Waals surface area contributed by atoms with Crippen molar-refractivity contribution in [1.29, 1.82) is 0 Å². The molecule has 6 heteroatoms. The van der Waals surface area contributed by atoms with Crippen molar-refractivity contribution in [3.05, 3.63) is 50.4 Å². The Morgan fingerprint density at radius 3 is 2.84 bits per heavy atom. The van der Waals surface area contributed by atoms with Gasteiger partial charge in [-0.05, 0) is 46.1 Å². The van der Waals surface area contributed by atoms with Gasteiger partial charge in [-0.15, -0.1) is 11.3 Å². The van der Waals surface area contributed by atoms with Crippen LogP contribution in [-0.4, -0.2) is 7.11 Å². The predicted octanol–water partition coefficient (Wildman–Crippen LogP) is 3.41. The van der Waals surface area contributed by atoms with Crippen LogP contribution in [0.25, 0.3) is 0 Å². The fraction of sp³-hybridized carbons (Fsp3) is 0.231. The van der Waals surface area contributed by atoms with Crippen LogP contribution in [0.4, 0.5) is 4.39 Å². The monoisotopic (exact) mass is 344 g/mol. The largest absolute Gasteiger partial charge is 0.496 e. The van der Waals surface area contributed by atoms with E-state index in [0.29, 0.717) is 10.9 Å². The highest BCUT2D eigenvalue weighted by Gasteiger charge is 2.14. The Hall–Kier alpha value is -0.950. The SMILES string of the molecule is COc1csc(C(Cc2ccc(F)c(Br)c2)NN)c1. The summed E-state index contributed by atoms with van der Waals surface area (Å²) in [6.07, 6.45) is 0.680. The van der Waals surface area contributed by atoms with E-state index >= 15 is 0 Å². The lowest BCUT2D eigenvalue weighted by Crippen LogP contribution is -2.28. The molecule has 0 spiro atoms. The van der Waals surface area contributed by atoms with Crippen molar-refractivity contribution in [1.82, 2.24) is 5.43 Å². The van der Waals surface area contributed by atoms with E-state index < -0.39 is 0 Å². The number of benzene rings is 1. The number of nitrogens with one attached hydrogen (secondary N) is 1. The smallest absolute Gasteiger partial charge is 0.137 e. The third kappa shape index (κ3) is 3.54. The summed E-state index contributed by atoms with van der Waals surface area (Å²) >= 11 is 4.77. The van der Waals surface area contributed by atoms with Gasteiger partial charge in [-0.1, -0.05) is 6.07 Å². The zero-order chi connectivity index (χ0) is 13.8. The molecule has 1 heterocycles. The van der Waals surface area contributed by atoms with Crippen molar-refractivity contribution in [2.45, 2.75) is 12.5 Å². The van der Waals surface area contributed by atoms with Crippen LogP contribution in [0.15, 0.2) is 34.1 Å². The molecule has 0 bridgehead atoms. The highest BCUT2D eigenvalue weighted by atomic mass is 79.9. The fourth-order valence-electron chi connectivity index (χ4n) is 1.77. The molecular weight excluding hydrogens is 331 g/mol. The van der Waals surface area contributed by atoms with E-state index in [9.17, 15) is 4.39 Å². The van der Waals surface area contributed by atoms with E-state index in [-0.39, 0.29) is 11.9 Å². The van der Waals surface area contributed by atoms with E-state index in [2.05, 4.69) is 21.4 Å². The number of ether oxygens (including phenoxy) is 1. The molecule has 1 unspecified atom stereocenters. The number of hydrogen-bond acceptors (Lipinski definition) is 4. The van der Waals surface area contributed by atoms with E-state index in [1.165, 1.54) is 6.07 Å². The van der Waals surface area contributed by atoms with Crippen LogP contribution < -0.4 is 16.0 Å². The first-order valence-electron chi connectivity index (χ1n) is 5.66. The highest BCUT2D eigenvalue weighted by molar-refractivity contribution is 9.10. The third-order valence-electron chi connectivity index (χ3n) is 2.80. The Bertz CT molecular complexity index is 561. The molecular formula is C13H14BrFN2OS. The van der Waals surface area contributed by atoms with Gasteiger partial charge in [0.2, 0.25) is 0 Å². The van der Waals surface area contributed by atoms with Crippen LogP contribution in [-0.2, 0) is 6.42 Å². The molecule has 1 aromatic heterocycles. The van der Waals surface area contributed by atoms with Gasteiger partial charge in [-0.25, -0.2) is 4.39 Å². The Balaban J connectivity index is 2.16. The van der Waals surface area contributed by atoms with Crippen LogP contribution in [0.3, 0.4) is 0 Å². The lowest BCUT2D eigenvalue weighted by Gasteiger charge is -2.14. The summed E-state index contributed by atoms with van der Waals surface area (Å²) in [5, 5.41) is 1.93. The maximum Gasteiger partial charge on any atom is 0.137 e. The second-order valence-electron chi connectivity index (χ2n) is 4.06. The Morgan fingerprint density at radius 1 is 1.47 bits per heavy atom. The summed E-state index contributed by atoms with van der Waals surface area (Å²) in [6, 6.07) is 6.90. The van der Waals surface area contributed by atoms with Crippen LogP contribution in [0.5, 0.6) is 5.75 Å². The van der Waals surface area contributed by atoms with Crippen molar-refractivity contribution >= 4 is 27.3 Å². The summed E-state index contributed by atoms with van der Waals surface area (Å²) < 4.78 is 18.8. The van der Waals surface area contributed by atoms with Crippen molar-refractivity contribution in [3.8, 4) is 5.75 Å². The first kappa shape index (κ1) is 14.5. The molecule has 2 aromatic rings. The molecule has 3 nitrogen and oxygen atoms in total. The van der Waals surface area contributed by atoms with Crippen molar-refractivity contribution in [2.24, 2.45) is 5.84 Å². The lowest BCUT2D eigenvalue weighted by atomic mass is 10.1. The minimum atomic E-state index is -0.265. The second kappa shape index (κ2) is 6.47. The van der Waals surface area contributed by atoms with Crippen LogP contribution in [0.2, 0.25) is 0 Å². The summed E-state index contributed by atoms with van der Waals surface area (Å²) in [6.45, 7) is 0. The van der Waals surface area contributed by atoms with Crippen molar-refractivity contribution in [2.75, 3.05) is 7.11 Å². The number of thiophene rings is 1. The van der Waals surface area contributed by atoms with E-state index in [4.69, 9.17) is 10.6 Å². The number of rotatable bonds is 5. The van der Waals surface area contributed by atoms with Gasteiger partial charge in [-0.3, -0.25) is 11.3 Å². The first-order chi connectivity index (χ1) is 9.13. The number of halogens is 2. The van der Waals surface area contributed by atoms with E-state index in [1.54, 1.807) is 30.6 Å². The number of nitrogens with two attached hydrogens (primary N) is 1. The molecule has 0 fully saturated rings. The highest BCUT2D eigenvalue weighted by Crippen LogP contribution is 2.29. The van der Waals surface area contributed by atoms with E-state index in [1.807, 2.05) is 11.4 Å². The molecule has 1 aromatic carbocycles. The molecule has 0 aliphatic heterocycles. The van der Waals surface area contributed by atoms with Gasteiger partial charge in [-0.2, -0.15) is 0 Å². The number of hydrazine groups is 1. The maximum atomic E-state index is 13.2. The maximum absolute atomic E-state index is 13.2. The standard InChI is InChI=1S/C13H14BrFN2OS/c1-18-9-6-13(19-7-9)12(17-16)5-8-2-3-11(15)10(14)4-8/h2-4,6-7,12,17H,5,16H2,1H3. The lowest BCUT2D eigenvalue weighted by molar-refractivity contribution is 0.415. The summed E-state index contributed by atoms with van der Waals surface area (Å²) in [5.41, 5.74) is 3.79. The summed E-state index contributed by atoms with van der Waals surface area (Å²) in [5.74, 6) is 6.16. The van der Waals surface area contributed by atoms with Gasteiger partial charge in [0, 0.05) is 10.3 Å². The Labute approximate surface area is 123 Å². The normalized spacial score (nSPS) is 12.4. The molecule has 102 valence electrons. The first-order valence-corrected chi connectivity index (χ1v) is 7.33. The number of hydrogen-bond donors (Lipinski definition) is 2. The predicted molar refractivity (Wildman–Crippen MR) is 78.7 cm³/mol. The molecule has 1 atom stereocenters. The fourth-order valence-corrected chi connectivity index (χ4v) is 3.11. The molecule has 0 saturated carbocycles. The third-order valence-corrected chi connectivity index (χ3v) is 4.43. The van der Waals surface area contributed by atoms with Gasteiger partial charge in [0.05, 0.1) is 17.6 Å². The molecule has 2 rings (SSSR count). The summed E-state index contributed by atoms with van der Waals surface area (Å²) in [4.78, 5) is 1.08. The summed E-state index contributed by atoms with van der Waals surface area (Å²) in [7, 11) is 1.63. The molecule has 0 saturated heterocycles. The zero-order valence-electron chi connectivity index (χ0n) is 10.3. The Kier molecular flexibility index (Phi) is 4.93. The second-order valence-corrected chi connectivity index (χ2v) is 5.86. The van der Waals surface area contributed by atoms with E-state index in [0.717, 1.165) is 16.2 Å². The minimum Gasteiger partial charge on any atom is -0.496 e. The number of methoxy groups -OCH3 is 1. The molecule has 3 N–H and O–H groups in total.